The molecule has 7 heteroatoms. The molecule has 1 fully saturated rings. The van der Waals surface area contributed by atoms with E-state index in [0.29, 0.717) is 10.6 Å². The van der Waals surface area contributed by atoms with Gasteiger partial charge in [-0.2, -0.15) is 0 Å². The molecule has 0 spiro atoms. The standard InChI is InChI=1S/C15H23BO5S/c1-9(2)19-10-8-11(22-12(10)13(17)18-7)16-20-14(3,4)15(5,6)21-16/h8-9H,1-7H3. The minimum absolute atomic E-state index is 0.0378. The molecular formula is C15H23BO5S. The van der Waals surface area contributed by atoms with Crippen molar-refractivity contribution in [3.05, 3.63) is 10.9 Å². The normalized spacial score (nSPS) is 19.5. The third kappa shape index (κ3) is 3.16. The molecule has 1 aliphatic rings. The number of hydrogen-bond donors (Lipinski definition) is 0. The highest BCUT2D eigenvalue weighted by Crippen LogP contribution is 2.38. The zero-order valence-corrected chi connectivity index (χ0v) is 15.0. The number of carbonyl (C=O) groups is 1. The van der Waals surface area contributed by atoms with Crippen LogP contribution in [0.5, 0.6) is 5.75 Å². The summed E-state index contributed by atoms with van der Waals surface area (Å²) in [5.74, 6) is 0.0972. The summed E-state index contributed by atoms with van der Waals surface area (Å²) in [5.41, 5.74) is -0.849. The monoisotopic (exact) mass is 326 g/mol. The van der Waals surface area contributed by atoms with Gasteiger partial charge in [0.25, 0.3) is 0 Å². The fourth-order valence-electron chi connectivity index (χ4n) is 2.04. The summed E-state index contributed by atoms with van der Waals surface area (Å²) in [6.45, 7) is 11.8. The maximum Gasteiger partial charge on any atom is 0.505 e. The van der Waals surface area contributed by atoms with E-state index in [-0.39, 0.29) is 6.10 Å². The van der Waals surface area contributed by atoms with Crippen LogP contribution in [0.15, 0.2) is 6.07 Å². The van der Waals surface area contributed by atoms with E-state index >= 15 is 0 Å². The second-order valence-corrected chi connectivity index (χ2v) is 7.67. The van der Waals surface area contributed by atoms with Crippen LogP contribution >= 0.6 is 11.3 Å². The van der Waals surface area contributed by atoms with Gasteiger partial charge in [0.2, 0.25) is 0 Å². The van der Waals surface area contributed by atoms with Crippen LogP contribution < -0.4 is 9.51 Å². The van der Waals surface area contributed by atoms with E-state index in [0.717, 1.165) is 4.78 Å². The first-order chi connectivity index (χ1) is 10.1. The SMILES string of the molecule is COC(=O)c1sc(B2OC(C)(C)C(C)(C)O2)cc1OC(C)C. The van der Waals surface area contributed by atoms with Crippen LogP contribution in [0.2, 0.25) is 0 Å². The molecule has 0 radical (unpaired) electrons. The summed E-state index contributed by atoms with van der Waals surface area (Å²) in [6.07, 6.45) is -0.0378. The van der Waals surface area contributed by atoms with Crippen molar-refractivity contribution < 1.29 is 23.6 Å². The third-order valence-corrected chi connectivity index (χ3v) is 5.05. The maximum atomic E-state index is 11.9. The van der Waals surface area contributed by atoms with Crippen LogP contribution in [0.1, 0.15) is 51.2 Å². The van der Waals surface area contributed by atoms with Crippen molar-refractivity contribution >= 4 is 29.2 Å². The van der Waals surface area contributed by atoms with Crippen LogP contribution in [0.4, 0.5) is 0 Å². The third-order valence-electron chi connectivity index (χ3n) is 3.94. The predicted molar refractivity (Wildman–Crippen MR) is 87.1 cm³/mol. The Bertz CT molecular complexity index is 548. The molecule has 0 aromatic carbocycles. The number of carbonyl (C=O) groups excluding carboxylic acids is 1. The summed E-state index contributed by atoms with van der Waals surface area (Å²) in [4.78, 5) is 12.4. The van der Waals surface area contributed by atoms with E-state index in [1.165, 1.54) is 18.4 Å². The van der Waals surface area contributed by atoms with Gasteiger partial charge in [-0.3, -0.25) is 0 Å². The van der Waals surface area contributed by atoms with Crippen molar-refractivity contribution in [3.63, 3.8) is 0 Å². The molecular weight excluding hydrogens is 303 g/mol. The van der Waals surface area contributed by atoms with Gasteiger partial charge in [0.15, 0.2) is 4.88 Å². The highest BCUT2D eigenvalue weighted by Gasteiger charge is 2.52. The van der Waals surface area contributed by atoms with E-state index in [1.807, 2.05) is 41.5 Å². The number of ether oxygens (including phenoxy) is 2. The number of rotatable bonds is 4. The molecule has 0 saturated carbocycles. The van der Waals surface area contributed by atoms with E-state index in [4.69, 9.17) is 18.8 Å². The molecule has 2 rings (SSSR count). The molecule has 0 N–H and O–H groups in total. The molecule has 22 heavy (non-hydrogen) atoms. The molecule has 1 aliphatic heterocycles. The van der Waals surface area contributed by atoms with Crippen LogP contribution in [0.25, 0.3) is 0 Å². The Kier molecular flexibility index (Phi) is 4.62. The summed E-state index contributed by atoms with van der Waals surface area (Å²) >= 11 is 1.28. The van der Waals surface area contributed by atoms with Crippen molar-refractivity contribution in [1.82, 2.24) is 0 Å². The van der Waals surface area contributed by atoms with Crippen LogP contribution in [-0.4, -0.2) is 37.5 Å². The highest BCUT2D eigenvalue weighted by molar-refractivity contribution is 7.24. The lowest BCUT2D eigenvalue weighted by Crippen LogP contribution is -2.41. The fourth-order valence-corrected chi connectivity index (χ4v) is 3.01. The number of thiophene rings is 1. The van der Waals surface area contributed by atoms with Crippen molar-refractivity contribution in [2.24, 2.45) is 0 Å². The van der Waals surface area contributed by atoms with E-state index < -0.39 is 24.3 Å². The van der Waals surface area contributed by atoms with E-state index in [9.17, 15) is 4.79 Å². The molecule has 0 unspecified atom stereocenters. The average molecular weight is 326 g/mol. The fraction of sp³-hybridized carbons (Fsp3) is 0.667. The first-order valence-electron chi connectivity index (χ1n) is 7.31. The Labute approximate surface area is 136 Å². The summed E-state index contributed by atoms with van der Waals surface area (Å²) in [5, 5.41) is 0. The van der Waals surface area contributed by atoms with Gasteiger partial charge in [-0.15, -0.1) is 11.3 Å². The van der Waals surface area contributed by atoms with E-state index in [2.05, 4.69) is 0 Å². The van der Waals surface area contributed by atoms with Gasteiger partial charge in [0.1, 0.15) is 5.75 Å². The predicted octanol–water partition coefficient (Wildman–Crippen LogP) is 2.62. The molecule has 0 amide bonds. The zero-order valence-electron chi connectivity index (χ0n) is 14.2. The van der Waals surface area contributed by atoms with Crippen molar-refractivity contribution in [2.45, 2.75) is 58.8 Å². The number of methoxy groups -OCH3 is 1. The van der Waals surface area contributed by atoms with Gasteiger partial charge < -0.3 is 18.8 Å². The largest absolute Gasteiger partial charge is 0.505 e. The maximum absolute atomic E-state index is 11.9. The Morgan fingerprint density at radius 2 is 1.77 bits per heavy atom. The van der Waals surface area contributed by atoms with Crippen molar-refractivity contribution in [1.29, 1.82) is 0 Å². The summed E-state index contributed by atoms with van der Waals surface area (Å²) in [7, 11) is 0.846. The Morgan fingerprint density at radius 3 is 2.23 bits per heavy atom. The number of hydrogen-bond acceptors (Lipinski definition) is 6. The highest BCUT2D eigenvalue weighted by atomic mass is 32.1. The smallest absolute Gasteiger partial charge is 0.489 e. The Balaban J connectivity index is 2.33. The molecule has 0 atom stereocenters. The van der Waals surface area contributed by atoms with Gasteiger partial charge in [0.05, 0.1) is 24.4 Å². The van der Waals surface area contributed by atoms with Gasteiger partial charge >= 0.3 is 13.1 Å². The summed E-state index contributed by atoms with van der Waals surface area (Å²) < 4.78 is 23.4. The van der Waals surface area contributed by atoms with E-state index in [1.54, 1.807) is 6.07 Å². The molecule has 2 heterocycles. The minimum atomic E-state index is -0.511. The lowest BCUT2D eigenvalue weighted by Gasteiger charge is -2.32. The second-order valence-electron chi connectivity index (χ2n) is 6.59. The zero-order chi connectivity index (χ0) is 16.7. The lowest BCUT2D eigenvalue weighted by molar-refractivity contribution is 0.00578. The molecule has 122 valence electrons. The van der Waals surface area contributed by atoms with Gasteiger partial charge in [-0.05, 0) is 47.6 Å². The Morgan fingerprint density at radius 1 is 1.23 bits per heavy atom. The van der Waals surface area contributed by atoms with Gasteiger partial charge in [-0.1, -0.05) is 0 Å². The Hall–Kier alpha value is -1.05. The molecule has 1 saturated heterocycles. The molecule has 1 aromatic rings. The average Bonchev–Trinajstić information content (AvgIpc) is 2.87. The minimum Gasteiger partial charge on any atom is -0.489 e. The van der Waals surface area contributed by atoms with Crippen molar-refractivity contribution in [3.8, 4) is 5.75 Å². The topological polar surface area (TPSA) is 54.0 Å². The van der Waals surface area contributed by atoms with Crippen molar-refractivity contribution in [2.75, 3.05) is 7.11 Å². The second kappa shape index (κ2) is 5.87. The molecule has 0 bridgehead atoms. The van der Waals surface area contributed by atoms with Crippen LogP contribution in [-0.2, 0) is 14.0 Å². The first kappa shape index (κ1) is 17.3. The van der Waals surface area contributed by atoms with Crippen LogP contribution in [0, 0.1) is 0 Å². The quantitative estimate of drug-likeness (QED) is 0.629. The van der Waals surface area contributed by atoms with Gasteiger partial charge in [0, 0.05) is 4.78 Å². The molecule has 1 aromatic heterocycles. The molecule has 5 nitrogen and oxygen atoms in total. The molecule has 0 aliphatic carbocycles. The summed E-state index contributed by atoms with van der Waals surface area (Å²) in [6, 6.07) is 1.80. The van der Waals surface area contributed by atoms with Crippen LogP contribution in [0.3, 0.4) is 0 Å². The first-order valence-corrected chi connectivity index (χ1v) is 8.13. The number of esters is 1. The lowest BCUT2D eigenvalue weighted by atomic mass is 9.88. The van der Waals surface area contributed by atoms with Gasteiger partial charge in [-0.25, -0.2) is 4.79 Å².